The molecule has 0 N–H and O–H groups in total. The van der Waals surface area contributed by atoms with Crippen molar-refractivity contribution in [3.63, 3.8) is 0 Å². The molecule has 2 aliphatic carbocycles. The summed E-state index contributed by atoms with van der Waals surface area (Å²) in [5.74, 6) is 1.62. The van der Waals surface area contributed by atoms with Crippen molar-refractivity contribution in [1.29, 1.82) is 0 Å². The van der Waals surface area contributed by atoms with E-state index in [1.165, 1.54) is 37.7 Å². The predicted molar refractivity (Wildman–Crippen MR) is 66.7 cm³/mol. The highest BCUT2D eigenvalue weighted by atomic mass is 14.5. The number of hydrogen-bond donors (Lipinski definition) is 0. The monoisotopic (exact) mass is 204 g/mol. The Hall–Kier alpha value is -0.520. The van der Waals surface area contributed by atoms with Crippen LogP contribution in [0.1, 0.15) is 52.9 Å². The molecule has 3 atom stereocenters. The Balaban J connectivity index is 2.19. The summed E-state index contributed by atoms with van der Waals surface area (Å²) in [6.45, 7) is 11.2. The summed E-state index contributed by atoms with van der Waals surface area (Å²) in [7, 11) is 0. The normalized spacial score (nSPS) is 40.6. The van der Waals surface area contributed by atoms with Crippen LogP contribution in [0.25, 0.3) is 0 Å². The van der Waals surface area contributed by atoms with Gasteiger partial charge in [0.25, 0.3) is 0 Å². The van der Waals surface area contributed by atoms with Crippen molar-refractivity contribution in [2.75, 3.05) is 0 Å². The molecule has 0 saturated heterocycles. The fourth-order valence-corrected chi connectivity index (χ4v) is 3.62. The van der Waals surface area contributed by atoms with Crippen molar-refractivity contribution in [2.24, 2.45) is 17.3 Å². The minimum atomic E-state index is 0.602. The minimum Gasteiger partial charge on any atom is -0.0999 e. The van der Waals surface area contributed by atoms with Crippen LogP contribution in [-0.2, 0) is 0 Å². The molecular weight excluding hydrogens is 180 g/mol. The van der Waals surface area contributed by atoms with Gasteiger partial charge in [0.15, 0.2) is 0 Å². The zero-order valence-electron chi connectivity index (χ0n) is 10.5. The van der Waals surface area contributed by atoms with Crippen molar-refractivity contribution < 1.29 is 0 Å². The molecule has 1 fully saturated rings. The average molecular weight is 204 g/mol. The Morgan fingerprint density at radius 3 is 2.87 bits per heavy atom. The third kappa shape index (κ3) is 1.91. The van der Waals surface area contributed by atoms with Gasteiger partial charge in [0.1, 0.15) is 0 Å². The van der Waals surface area contributed by atoms with Gasteiger partial charge in [-0.25, -0.2) is 0 Å². The van der Waals surface area contributed by atoms with E-state index in [0.29, 0.717) is 5.41 Å². The number of rotatable bonds is 1. The van der Waals surface area contributed by atoms with Gasteiger partial charge in [0, 0.05) is 0 Å². The second-order valence-electron chi connectivity index (χ2n) is 6.01. The molecule has 15 heavy (non-hydrogen) atoms. The number of allylic oxidation sites excluding steroid dienone is 3. The first kappa shape index (κ1) is 11.0. The topological polar surface area (TPSA) is 0 Å². The van der Waals surface area contributed by atoms with E-state index in [1.807, 2.05) is 0 Å². The highest BCUT2D eigenvalue weighted by Crippen LogP contribution is 2.52. The van der Waals surface area contributed by atoms with Crippen molar-refractivity contribution in [3.05, 3.63) is 23.8 Å². The molecule has 0 aliphatic heterocycles. The fourth-order valence-electron chi connectivity index (χ4n) is 3.62. The van der Waals surface area contributed by atoms with Crippen LogP contribution in [0.5, 0.6) is 0 Å². The Morgan fingerprint density at radius 1 is 1.47 bits per heavy atom. The smallest absolute Gasteiger partial charge is 0.0146 e. The summed E-state index contributed by atoms with van der Waals surface area (Å²) in [4.78, 5) is 0. The zero-order chi connectivity index (χ0) is 11.1. The Kier molecular flexibility index (Phi) is 2.79. The van der Waals surface area contributed by atoms with Crippen molar-refractivity contribution >= 4 is 0 Å². The predicted octanol–water partition coefficient (Wildman–Crippen LogP) is 4.73. The SMILES string of the molecule is C=C(C)[C@H]1CC[C@@]2(C)CCC=C(C)[C@@H]2C1. The summed E-state index contributed by atoms with van der Waals surface area (Å²) in [5, 5.41) is 0. The van der Waals surface area contributed by atoms with Crippen molar-refractivity contribution in [2.45, 2.75) is 52.9 Å². The van der Waals surface area contributed by atoms with Crippen LogP contribution in [0.2, 0.25) is 0 Å². The van der Waals surface area contributed by atoms with Crippen LogP contribution in [-0.4, -0.2) is 0 Å². The quantitative estimate of drug-likeness (QED) is 0.542. The molecule has 2 aliphatic rings. The van der Waals surface area contributed by atoms with Crippen LogP contribution < -0.4 is 0 Å². The van der Waals surface area contributed by atoms with Gasteiger partial charge in [0.05, 0.1) is 0 Å². The van der Waals surface area contributed by atoms with E-state index >= 15 is 0 Å². The van der Waals surface area contributed by atoms with Gasteiger partial charge in [-0.3, -0.25) is 0 Å². The fraction of sp³-hybridized carbons (Fsp3) is 0.733. The third-order valence-electron chi connectivity index (χ3n) is 4.85. The van der Waals surface area contributed by atoms with Crippen LogP contribution in [0.15, 0.2) is 23.8 Å². The van der Waals surface area contributed by atoms with Gasteiger partial charge in [0.2, 0.25) is 0 Å². The molecular formula is C15H24. The Bertz CT molecular complexity index is 297. The van der Waals surface area contributed by atoms with Gasteiger partial charge >= 0.3 is 0 Å². The maximum atomic E-state index is 4.14. The molecule has 0 aromatic heterocycles. The molecule has 1 saturated carbocycles. The first-order chi connectivity index (χ1) is 7.03. The average Bonchev–Trinajstić information content (AvgIpc) is 2.17. The van der Waals surface area contributed by atoms with Crippen LogP contribution in [0.4, 0.5) is 0 Å². The number of hydrogen-bond acceptors (Lipinski definition) is 0. The molecule has 0 nitrogen and oxygen atoms in total. The highest BCUT2D eigenvalue weighted by Gasteiger charge is 2.41. The maximum absolute atomic E-state index is 4.14. The summed E-state index contributed by atoms with van der Waals surface area (Å²) in [5.41, 5.74) is 3.65. The highest BCUT2D eigenvalue weighted by molar-refractivity contribution is 5.16. The van der Waals surface area contributed by atoms with Crippen LogP contribution in [0.3, 0.4) is 0 Å². The van der Waals surface area contributed by atoms with Crippen molar-refractivity contribution in [1.82, 2.24) is 0 Å². The maximum Gasteiger partial charge on any atom is -0.0146 e. The van der Waals surface area contributed by atoms with Crippen LogP contribution >= 0.6 is 0 Å². The standard InChI is InChI=1S/C15H24/c1-11(2)13-7-9-15(4)8-5-6-12(3)14(15)10-13/h6,13-14H,1,5,7-10H2,2-4H3/t13-,14-,15+/m0/s1. The largest absolute Gasteiger partial charge is 0.0999 e. The molecule has 0 aromatic carbocycles. The summed E-state index contributed by atoms with van der Waals surface area (Å²) in [6.07, 6.45) is 9.30. The summed E-state index contributed by atoms with van der Waals surface area (Å²) < 4.78 is 0. The van der Waals surface area contributed by atoms with E-state index in [9.17, 15) is 0 Å². The van der Waals surface area contributed by atoms with E-state index in [1.54, 1.807) is 5.57 Å². The van der Waals surface area contributed by atoms with Gasteiger partial charge in [-0.1, -0.05) is 30.7 Å². The van der Waals surface area contributed by atoms with Crippen molar-refractivity contribution in [3.8, 4) is 0 Å². The molecule has 0 spiro atoms. The van der Waals surface area contributed by atoms with E-state index in [-0.39, 0.29) is 0 Å². The molecule has 84 valence electrons. The van der Waals surface area contributed by atoms with E-state index in [2.05, 4.69) is 33.4 Å². The summed E-state index contributed by atoms with van der Waals surface area (Å²) >= 11 is 0. The lowest BCUT2D eigenvalue weighted by Gasteiger charge is -2.47. The Morgan fingerprint density at radius 2 is 2.20 bits per heavy atom. The molecule has 0 aromatic rings. The second kappa shape index (κ2) is 3.81. The molecule has 0 heterocycles. The Labute approximate surface area is 94.5 Å². The lowest BCUT2D eigenvalue weighted by Crippen LogP contribution is -2.37. The third-order valence-corrected chi connectivity index (χ3v) is 4.85. The molecule has 0 radical (unpaired) electrons. The number of fused-ring (bicyclic) bond motifs is 1. The van der Waals surface area contributed by atoms with E-state index in [4.69, 9.17) is 0 Å². The minimum absolute atomic E-state index is 0.602. The van der Waals surface area contributed by atoms with Crippen LogP contribution in [0, 0.1) is 17.3 Å². The molecule has 0 heteroatoms. The molecule has 0 amide bonds. The molecule has 0 bridgehead atoms. The molecule has 2 rings (SSSR count). The van der Waals surface area contributed by atoms with Gasteiger partial charge in [-0.2, -0.15) is 0 Å². The van der Waals surface area contributed by atoms with E-state index in [0.717, 1.165) is 11.8 Å². The lowest BCUT2D eigenvalue weighted by molar-refractivity contribution is 0.0981. The molecule has 0 unspecified atom stereocenters. The van der Waals surface area contributed by atoms with E-state index < -0.39 is 0 Å². The second-order valence-corrected chi connectivity index (χ2v) is 6.01. The summed E-state index contributed by atoms with van der Waals surface area (Å²) in [6, 6.07) is 0. The first-order valence-corrected chi connectivity index (χ1v) is 6.35. The van der Waals surface area contributed by atoms with Gasteiger partial charge < -0.3 is 0 Å². The first-order valence-electron chi connectivity index (χ1n) is 6.35. The van der Waals surface area contributed by atoms with Gasteiger partial charge in [-0.15, -0.1) is 0 Å². The lowest BCUT2D eigenvalue weighted by atomic mass is 9.57. The zero-order valence-corrected chi connectivity index (χ0v) is 10.5. The van der Waals surface area contributed by atoms with Gasteiger partial charge in [-0.05, 0) is 63.2 Å².